The molecule has 57 heavy (non-hydrogen) atoms. The minimum Gasteiger partial charge on any atom is -0.445 e. The average Bonchev–Trinajstić information content (AvgIpc) is 3.23. The fourth-order valence-electron chi connectivity index (χ4n) is 4.39. The quantitative estimate of drug-likeness (QED) is 0.0743. The Morgan fingerprint density at radius 1 is 0.386 bits per heavy atom. The highest BCUT2D eigenvalue weighted by molar-refractivity contribution is 6.17. The van der Waals surface area contributed by atoms with Crippen molar-refractivity contribution in [1.29, 1.82) is 0 Å². The number of carbonyl (C=O) groups is 1. The van der Waals surface area contributed by atoms with Crippen molar-refractivity contribution >= 4 is 17.7 Å². The normalized spacial score (nSPS) is 11.4. The lowest BCUT2D eigenvalue weighted by atomic mass is 10.2. The van der Waals surface area contributed by atoms with Gasteiger partial charge < -0.3 is 71.6 Å². The first kappa shape index (κ1) is 53.3. The van der Waals surface area contributed by atoms with Crippen LogP contribution in [0.1, 0.15) is 31.2 Å². The summed E-state index contributed by atoms with van der Waals surface area (Å²) < 4.78 is 76.5. The molecule has 0 saturated carbocycles. The minimum absolute atomic E-state index is 0.235. The Labute approximate surface area is 345 Å². The number of unbranched alkanes of at least 4 members (excludes halogenated alkanes) is 3. The zero-order valence-corrected chi connectivity index (χ0v) is 35.0. The third-order valence-electron chi connectivity index (χ3n) is 7.36. The van der Waals surface area contributed by atoms with Crippen LogP contribution in [0.4, 0.5) is 4.79 Å². The van der Waals surface area contributed by atoms with Crippen molar-refractivity contribution in [2.75, 3.05) is 184 Å². The van der Waals surface area contributed by atoms with Gasteiger partial charge in [0.05, 0.1) is 165 Å². The molecule has 16 nitrogen and oxygen atoms in total. The first-order chi connectivity index (χ1) is 28.3. The molecule has 0 saturated heterocycles. The Bertz CT molecular complexity index is 928. The number of nitrogens with one attached hydrogen (secondary N) is 1. The van der Waals surface area contributed by atoms with Gasteiger partial charge in [-0.3, -0.25) is 0 Å². The maximum Gasteiger partial charge on any atom is 0.407 e. The molecule has 0 atom stereocenters. The smallest absolute Gasteiger partial charge is 0.407 e. The topological polar surface area (TPSA) is 158 Å². The Balaban J connectivity index is 1.61. The molecule has 0 aliphatic rings. The molecule has 0 bridgehead atoms. The van der Waals surface area contributed by atoms with Gasteiger partial charge in [0, 0.05) is 19.0 Å². The van der Waals surface area contributed by atoms with E-state index in [1.54, 1.807) is 0 Å². The second-order valence-electron chi connectivity index (χ2n) is 12.1. The Kier molecular flexibility index (Phi) is 43.9. The van der Waals surface area contributed by atoms with Gasteiger partial charge in [-0.1, -0.05) is 43.2 Å². The van der Waals surface area contributed by atoms with Crippen LogP contribution in [0.25, 0.3) is 0 Å². The van der Waals surface area contributed by atoms with Crippen molar-refractivity contribution in [2.45, 2.75) is 32.3 Å². The molecule has 334 valence electrons. The fraction of sp³-hybridized carbons (Fsp3) is 0.825. The molecule has 1 aromatic carbocycles. The van der Waals surface area contributed by atoms with E-state index in [0.29, 0.717) is 172 Å². The van der Waals surface area contributed by atoms with E-state index >= 15 is 0 Å². The van der Waals surface area contributed by atoms with Crippen molar-refractivity contribution in [2.24, 2.45) is 0 Å². The van der Waals surface area contributed by atoms with Gasteiger partial charge in [0.2, 0.25) is 0 Å². The number of amides is 1. The van der Waals surface area contributed by atoms with Crippen molar-refractivity contribution < 1.29 is 71.1 Å². The van der Waals surface area contributed by atoms with Gasteiger partial charge in [0.15, 0.2) is 0 Å². The van der Waals surface area contributed by atoms with Gasteiger partial charge >= 0.3 is 6.09 Å². The Morgan fingerprint density at radius 3 is 1.02 bits per heavy atom. The van der Waals surface area contributed by atoms with Crippen molar-refractivity contribution in [3.05, 3.63) is 35.9 Å². The van der Waals surface area contributed by atoms with Crippen molar-refractivity contribution in [3.8, 4) is 0 Å². The van der Waals surface area contributed by atoms with Gasteiger partial charge in [-0.25, -0.2) is 4.79 Å². The van der Waals surface area contributed by atoms with Crippen LogP contribution in [0.3, 0.4) is 0 Å². The third-order valence-corrected chi connectivity index (χ3v) is 7.63. The molecule has 0 aliphatic carbocycles. The van der Waals surface area contributed by atoms with Gasteiger partial charge in [-0.05, 0) is 18.4 Å². The average molecular weight is 842 g/mol. The first-order valence-corrected chi connectivity index (χ1v) is 20.9. The molecule has 0 radical (unpaired) electrons. The van der Waals surface area contributed by atoms with E-state index < -0.39 is 6.09 Å². The van der Waals surface area contributed by atoms with E-state index in [2.05, 4.69) is 5.32 Å². The molecular weight excluding hydrogens is 770 g/mol. The lowest BCUT2D eigenvalue weighted by molar-refractivity contribution is -0.0290. The van der Waals surface area contributed by atoms with E-state index in [1.807, 2.05) is 30.3 Å². The molecular formula is C40H72ClNO15. The largest absolute Gasteiger partial charge is 0.445 e. The highest BCUT2D eigenvalue weighted by atomic mass is 35.5. The lowest BCUT2D eigenvalue weighted by Crippen LogP contribution is -2.28. The van der Waals surface area contributed by atoms with Crippen LogP contribution >= 0.6 is 11.6 Å². The number of carbonyl (C=O) groups excluding carboxylic acids is 1. The van der Waals surface area contributed by atoms with Crippen molar-refractivity contribution in [1.82, 2.24) is 5.32 Å². The van der Waals surface area contributed by atoms with Crippen LogP contribution in [0.2, 0.25) is 0 Å². The molecule has 1 amide bonds. The van der Waals surface area contributed by atoms with Crippen LogP contribution in [-0.2, 0) is 72.9 Å². The van der Waals surface area contributed by atoms with Crippen molar-refractivity contribution in [3.63, 3.8) is 0 Å². The maximum absolute atomic E-state index is 11.7. The second kappa shape index (κ2) is 46.9. The van der Waals surface area contributed by atoms with E-state index in [4.69, 9.17) is 77.9 Å². The summed E-state index contributed by atoms with van der Waals surface area (Å²) in [5, 5.41) is 2.64. The Hall–Kier alpha value is -1.74. The van der Waals surface area contributed by atoms with Gasteiger partial charge in [-0.15, -0.1) is 11.6 Å². The highest BCUT2D eigenvalue weighted by Crippen LogP contribution is 2.02. The molecule has 1 rings (SSSR count). The molecule has 0 heterocycles. The first-order valence-electron chi connectivity index (χ1n) is 20.3. The third kappa shape index (κ3) is 43.7. The predicted molar refractivity (Wildman–Crippen MR) is 214 cm³/mol. The van der Waals surface area contributed by atoms with Gasteiger partial charge in [0.1, 0.15) is 6.61 Å². The zero-order chi connectivity index (χ0) is 40.6. The molecule has 0 fully saturated rings. The van der Waals surface area contributed by atoms with Crippen LogP contribution < -0.4 is 5.32 Å². The minimum atomic E-state index is -0.471. The molecule has 1 N–H and O–H groups in total. The standard InChI is InChI=1S/C40H72ClNO15/c41-10-6-1-2-7-12-44-14-16-46-18-20-48-22-24-50-26-28-52-30-32-54-34-36-56-37-35-55-33-31-53-29-27-51-25-23-49-21-19-47-17-15-45-13-11-42-40(43)57-38-39-8-4-3-5-9-39/h3-5,8-9H,1-2,6-7,10-38H2,(H,42,43). The van der Waals surface area contributed by atoms with E-state index in [0.717, 1.165) is 37.3 Å². The second-order valence-corrected chi connectivity index (χ2v) is 12.4. The number of rotatable bonds is 47. The predicted octanol–water partition coefficient (Wildman–Crippen LogP) is 3.93. The summed E-state index contributed by atoms with van der Waals surface area (Å²) in [5.41, 5.74) is 0.936. The summed E-state index contributed by atoms with van der Waals surface area (Å²) in [6.07, 6.45) is 4.01. The summed E-state index contributed by atoms with van der Waals surface area (Å²) >= 11 is 5.66. The van der Waals surface area contributed by atoms with Gasteiger partial charge in [0.25, 0.3) is 0 Å². The summed E-state index contributed by atoms with van der Waals surface area (Å²) in [6.45, 7) is 13.8. The number of hydrogen-bond donors (Lipinski definition) is 1. The van der Waals surface area contributed by atoms with E-state index in [9.17, 15) is 4.79 Å². The summed E-state index contributed by atoms with van der Waals surface area (Å²) in [5.74, 6) is 0.739. The number of ether oxygens (including phenoxy) is 14. The number of alkyl halides is 1. The molecule has 0 aromatic heterocycles. The summed E-state index contributed by atoms with van der Waals surface area (Å²) in [7, 11) is 0. The SMILES string of the molecule is O=C(NCCOCCOCCOCCOCCOCCOCCOCCOCCOCCOCCOCCOCCOCCCCCCCl)OCc1ccccc1. The molecule has 17 heteroatoms. The van der Waals surface area contributed by atoms with E-state index in [1.165, 1.54) is 6.42 Å². The lowest BCUT2D eigenvalue weighted by Gasteiger charge is -2.09. The van der Waals surface area contributed by atoms with Crippen LogP contribution in [0.5, 0.6) is 0 Å². The summed E-state index contributed by atoms with van der Waals surface area (Å²) in [6, 6.07) is 9.51. The fourth-order valence-corrected chi connectivity index (χ4v) is 4.58. The monoisotopic (exact) mass is 841 g/mol. The van der Waals surface area contributed by atoms with Crippen LogP contribution in [-0.4, -0.2) is 190 Å². The number of benzene rings is 1. The van der Waals surface area contributed by atoms with Gasteiger partial charge in [-0.2, -0.15) is 0 Å². The Morgan fingerprint density at radius 2 is 0.684 bits per heavy atom. The number of halogens is 1. The molecule has 1 aromatic rings. The van der Waals surface area contributed by atoms with Crippen LogP contribution in [0, 0.1) is 0 Å². The zero-order valence-electron chi connectivity index (χ0n) is 34.2. The van der Waals surface area contributed by atoms with Crippen LogP contribution in [0.15, 0.2) is 30.3 Å². The molecule has 0 spiro atoms. The maximum atomic E-state index is 11.7. The summed E-state index contributed by atoms with van der Waals surface area (Å²) in [4.78, 5) is 11.7. The number of alkyl carbamates (subject to hydrolysis) is 1. The molecule has 0 aliphatic heterocycles. The van der Waals surface area contributed by atoms with E-state index in [-0.39, 0.29) is 6.61 Å². The highest BCUT2D eigenvalue weighted by Gasteiger charge is 2.02. The molecule has 0 unspecified atom stereocenters. The number of hydrogen-bond acceptors (Lipinski definition) is 15.